The molecule has 0 saturated carbocycles. The van der Waals surface area contributed by atoms with Crippen LogP contribution in [0.25, 0.3) is 0 Å². The van der Waals surface area contributed by atoms with Gasteiger partial charge in [0.2, 0.25) is 0 Å². The van der Waals surface area contributed by atoms with Gasteiger partial charge in [-0.25, -0.2) is 5.48 Å². The molecule has 0 spiro atoms. The first-order valence-electron chi connectivity index (χ1n) is 6.69. The average molecular weight is 312 g/mol. The summed E-state index contributed by atoms with van der Waals surface area (Å²) in [4.78, 5) is 9.40. The Morgan fingerprint density at radius 2 is 2.24 bits per heavy atom. The topological polar surface area (TPSA) is 68.9 Å². The van der Waals surface area contributed by atoms with E-state index in [9.17, 15) is 0 Å². The smallest absolute Gasteiger partial charge is 0.152 e. The Morgan fingerprint density at radius 3 is 2.76 bits per heavy atom. The Morgan fingerprint density at radius 1 is 1.52 bits per heavy atom. The Kier molecular flexibility index (Phi) is 7.22. The highest BCUT2D eigenvalue weighted by Gasteiger charge is 2.10. The maximum Gasteiger partial charge on any atom is 0.152 e. The van der Waals surface area contributed by atoms with Crippen LogP contribution in [0.15, 0.2) is 35.8 Å². The van der Waals surface area contributed by atoms with Gasteiger partial charge in [-0.1, -0.05) is 17.7 Å². The molecule has 0 radical (unpaired) electrons. The van der Waals surface area contributed by atoms with Crippen LogP contribution in [-0.4, -0.2) is 25.2 Å². The highest BCUT2D eigenvalue weighted by molar-refractivity contribution is 6.32. The van der Waals surface area contributed by atoms with Gasteiger partial charge in [-0.15, -0.1) is 6.58 Å². The van der Waals surface area contributed by atoms with Crippen LogP contribution in [0.3, 0.4) is 0 Å². The second kappa shape index (κ2) is 8.67. The van der Waals surface area contributed by atoms with Crippen molar-refractivity contribution in [3.05, 3.63) is 41.4 Å². The fraction of sp³-hybridized carbons (Fsp3) is 0.400. The van der Waals surface area contributed by atoms with Gasteiger partial charge in [0.25, 0.3) is 0 Å². The van der Waals surface area contributed by atoms with Crippen molar-refractivity contribution in [3.8, 4) is 5.75 Å². The summed E-state index contributed by atoms with van der Waals surface area (Å²) in [6.07, 6.45) is 1.79. The summed E-state index contributed by atoms with van der Waals surface area (Å²) in [5.74, 6) is 1.17. The van der Waals surface area contributed by atoms with Crippen molar-refractivity contribution in [2.45, 2.75) is 32.6 Å². The van der Waals surface area contributed by atoms with Crippen LogP contribution in [0.1, 0.15) is 25.8 Å². The quantitative estimate of drug-likeness (QED) is 0.267. The summed E-state index contributed by atoms with van der Waals surface area (Å²) in [7, 11) is 1.65. The lowest BCUT2D eigenvalue weighted by Crippen LogP contribution is -2.34. The Balaban J connectivity index is 2.78. The molecular weight excluding hydrogens is 290 g/mol. The van der Waals surface area contributed by atoms with Crippen LogP contribution in [0, 0.1) is 0 Å². The maximum atomic E-state index is 6.20. The van der Waals surface area contributed by atoms with Gasteiger partial charge < -0.3 is 10.5 Å². The number of hydroxylamine groups is 1. The molecule has 0 aromatic heterocycles. The van der Waals surface area contributed by atoms with E-state index in [4.69, 9.17) is 26.9 Å². The SMILES string of the molecule is C=CCC(N)ONC(=NC)c1ccc(OC(C)C)c(Cl)c1. The third-order valence-corrected chi connectivity index (χ3v) is 2.79. The fourth-order valence-electron chi connectivity index (χ4n) is 1.58. The number of benzene rings is 1. The molecular formula is C15H22ClN3O2. The van der Waals surface area contributed by atoms with Crippen LogP contribution in [0.2, 0.25) is 5.02 Å². The minimum absolute atomic E-state index is 0.0611. The molecule has 116 valence electrons. The minimum Gasteiger partial charge on any atom is -0.489 e. The van der Waals surface area contributed by atoms with E-state index < -0.39 is 6.23 Å². The van der Waals surface area contributed by atoms with E-state index in [1.165, 1.54) is 0 Å². The summed E-state index contributed by atoms with van der Waals surface area (Å²) < 4.78 is 5.59. The number of nitrogens with one attached hydrogen (secondary N) is 1. The molecule has 0 bridgehead atoms. The van der Waals surface area contributed by atoms with E-state index in [-0.39, 0.29) is 6.10 Å². The summed E-state index contributed by atoms with van der Waals surface area (Å²) in [6, 6.07) is 5.41. The van der Waals surface area contributed by atoms with Gasteiger partial charge in [0, 0.05) is 19.0 Å². The van der Waals surface area contributed by atoms with E-state index in [0.717, 1.165) is 5.56 Å². The number of halogens is 1. The van der Waals surface area contributed by atoms with Gasteiger partial charge >= 0.3 is 0 Å². The predicted molar refractivity (Wildman–Crippen MR) is 86.7 cm³/mol. The Bertz CT molecular complexity index is 504. The van der Waals surface area contributed by atoms with E-state index >= 15 is 0 Å². The number of nitrogens with zero attached hydrogens (tertiary/aromatic N) is 1. The second-order valence-electron chi connectivity index (χ2n) is 4.67. The first-order valence-corrected chi connectivity index (χ1v) is 7.07. The molecule has 5 nitrogen and oxygen atoms in total. The van der Waals surface area contributed by atoms with Crippen LogP contribution >= 0.6 is 11.6 Å². The van der Waals surface area contributed by atoms with Gasteiger partial charge in [-0.2, -0.15) is 0 Å². The third-order valence-electron chi connectivity index (χ3n) is 2.50. The average Bonchev–Trinajstić information content (AvgIpc) is 2.42. The Hall–Kier alpha value is -1.56. The first kappa shape index (κ1) is 17.5. The van der Waals surface area contributed by atoms with E-state index in [0.29, 0.717) is 23.0 Å². The van der Waals surface area contributed by atoms with Crippen molar-refractivity contribution in [2.75, 3.05) is 7.05 Å². The number of aliphatic imine (C=N–C) groups is 1. The van der Waals surface area contributed by atoms with Gasteiger partial charge in [0.1, 0.15) is 12.0 Å². The van der Waals surface area contributed by atoms with E-state index in [1.54, 1.807) is 25.3 Å². The Labute approximate surface area is 130 Å². The number of amidine groups is 1. The minimum atomic E-state index is -0.488. The molecule has 1 rings (SSSR count). The highest BCUT2D eigenvalue weighted by atomic mass is 35.5. The molecule has 21 heavy (non-hydrogen) atoms. The maximum absolute atomic E-state index is 6.20. The van der Waals surface area contributed by atoms with Crippen molar-refractivity contribution in [1.82, 2.24) is 5.48 Å². The molecule has 0 aliphatic heterocycles. The van der Waals surface area contributed by atoms with Crippen molar-refractivity contribution in [3.63, 3.8) is 0 Å². The molecule has 0 heterocycles. The van der Waals surface area contributed by atoms with Crippen molar-refractivity contribution in [2.24, 2.45) is 10.7 Å². The van der Waals surface area contributed by atoms with Gasteiger partial charge in [0.15, 0.2) is 5.84 Å². The fourth-order valence-corrected chi connectivity index (χ4v) is 1.80. The molecule has 6 heteroatoms. The molecule has 1 aromatic rings. The standard InChI is InChI=1S/C15H22ClN3O2/c1-5-6-14(17)21-19-15(18-4)11-7-8-13(12(16)9-11)20-10(2)3/h5,7-10,14H,1,6,17H2,2-4H3,(H,18,19). The molecule has 3 N–H and O–H groups in total. The lowest BCUT2D eigenvalue weighted by Gasteiger charge is -2.15. The van der Waals surface area contributed by atoms with Gasteiger partial charge in [0.05, 0.1) is 11.1 Å². The predicted octanol–water partition coefficient (Wildman–Crippen LogP) is 2.89. The number of hydrogen-bond acceptors (Lipinski definition) is 4. The van der Waals surface area contributed by atoms with Crippen LogP contribution in [0.4, 0.5) is 0 Å². The van der Waals surface area contributed by atoms with E-state index in [1.807, 2.05) is 19.9 Å². The lowest BCUT2D eigenvalue weighted by atomic mass is 10.2. The lowest BCUT2D eigenvalue weighted by molar-refractivity contribution is 0.0165. The summed E-state index contributed by atoms with van der Waals surface area (Å²) in [6.45, 7) is 7.49. The van der Waals surface area contributed by atoms with Crippen LogP contribution in [-0.2, 0) is 4.84 Å². The molecule has 1 aromatic carbocycles. The van der Waals surface area contributed by atoms with Gasteiger partial charge in [-0.05, 0) is 32.0 Å². The highest BCUT2D eigenvalue weighted by Crippen LogP contribution is 2.26. The van der Waals surface area contributed by atoms with Crippen LogP contribution < -0.4 is 16.0 Å². The zero-order valence-electron chi connectivity index (χ0n) is 12.6. The van der Waals surface area contributed by atoms with Crippen molar-refractivity contribution >= 4 is 17.4 Å². The normalized spacial score (nSPS) is 13.1. The van der Waals surface area contributed by atoms with Gasteiger partial charge in [-0.3, -0.25) is 9.83 Å². The molecule has 0 saturated heterocycles. The van der Waals surface area contributed by atoms with Crippen LogP contribution in [0.5, 0.6) is 5.75 Å². The summed E-state index contributed by atoms with van der Waals surface area (Å²) >= 11 is 6.20. The van der Waals surface area contributed by atoms with Crippen molar-refractivity contribution in [1.29, 1.82) is 0 Å². The number of rotatable bonds is 7. The first-order chi connectivity index (χ1) is 9.97. The zero-order chi connectivity index (χ0) is 15.8. The molecule has 0 fully saturated rings. The molecule has 0 aliphatic carbocycles. The monoisotopic (exact) mass is 311 g/mol. The zero-order valence-corrected chi connectivity index (χ0v) is 13.4. The summed E-state index contributed by atoms with van der Waals surface area (Å²) in [5, 5.41) is 0.513. The number of ether oxygens (including phenoxy) is 1. The largest absolute Gasteiger partial charge is 0.489 e. The third kappa shape index (κ3) is 5.75. The molecule has 0 aliphatic rings. The number of hydrogen-bond donors (Lipinski definition) is 2. The van der Waals surface area contributed by atoms with Crippen molar-refractivity contribution < 1.29 is 9.57 Å². The number of nitrogens with two attached hydrogens (primary N) is 1. The molecule has 1 unspecified atom stereocenters. The van der Waals surface area contributed by atoms with E-state index in [2.05, 4.69) is 17.1 Å². The second-order valence-corrected chi connectivity index (χ2v) is 5.07. The molecule has 0 amide bonds. The molecule has 1 atom stereocenters. The summed E-state index contributed by atoms with van der Waals surface area (Å²) in [5.41, 5.74) is 9.23.